The van der Waals surface area contributed by atoms with Crippen LogP contribution in [0.4, 0.5) is 9.52 Å². The fraction of sp³-hybridized carbons (Fsp3) is 0.240. The number of ether oxygens (including phenoxy) is 1. The average molecular weight is 498 g/mol. The van der Waals surface area contributed by atoms with Crippen molar-refractivity contribution in [3.05, 3.63) is 69.7 Å². The average Bonchev–Trinajstić information content (AvgIpc) is 3.43. The van der Waals surface area contributed by atoms with E-state index in [0.29, 0.717) is 32.2 Å². The molecule has 2 amide bonds. The second-order valence-corrected chi connectivity index (χ2v) is 9.64. The Morgan fingerprint density at radius 3 is 2.68 bits per heavy atom. The number of carbonyl (C=O) groups is 2. The normalized spacial score (nSPS) is 11.0. The Labute approximate surface area is 204 Å². The smallest absolute Gasteiger partial charge is 0.267 e. The summed E-state index contributed by atoms with van der Waals surface area (Å²) in [5, 5.41) is 8.44. The van der Waals surface area contributed by atoms with E-state index in [2.05, 4.69) is 15.6 Å². The number of anilines is 1. The first-order chi connectivity index (χ1) is 16.5. The van der Waals surface area contributed by atoms with Crippen LogP contribution in [-0.2, 0) is 22.6 Å². The van der Waals surface area contributed by atoms with Gasteiger partial charge in [-0.2, -0.15) is 0 Å². The third-order valence-corrected chi connectivity index (χ3v) is 7.20. The zero-order valence-corrected chi connectivity index (χ0v) is 20.4. The molecule has 4 aromatic rings. The highest BCUT2D eigenvalue weighted by Crippen LogP contribution is 2.35. The van der Waals surface area contributed by atoms with Crippen LogP contribution in [0.15, 0.2) is 47.8 Å². The molecule has 0 radical (unpaired) electrons. The molecule has 0 aliphatic rings. The van der Waals surface area contributed by atoms with E-state index in [1.54, 1.807) is 12.1 Å². The molecule has 0 spiro atoms. The van der Waals surface area contributed by atoms with Crippen molar-refractivity contribution in [3.63, 3.8) is 0 Å². The zero-order chi connectivity index (χ0) is 24.1. The van der Waals surface area contributed by atoms with E-state index >= 15 is 0 Å². The number of thiophene rings is 1. The number of methoxy groups -OCH3 is 1. The maximum absolute atomic E-state index is 14.4. The summed E-state index contributed by atoms with van der Waals surface area (Å²) in [5.41, 5.74) is 3.44. The molecule has 2 N–H and O–H groups in total. The van der Waals surface area contributed by atoms with Crippen LogP contribution in [0.5, 0.6) is 0 Å². The van der Waals surface area contributed by atoms with Gasteiger partial charge >= 0.3 is 0 Å². The highest BCUT2D eigenvalue weighted by Gasteiger charge is 2.21. The summed E-state index contributed by atoms with van der Waals surface area (Å²) < 4.78 is 20.3. The number of nitrogens with one attached hydrogen (secondary N) is 2. The number of fused-ring (bicyclic) bond motifs is 1. The lowest BCUT2D eigenvalue weighted by Crippen LogP contribution is -2.21. The highest BCUT2D eigenvalue weighted by molar-refractivity contribution is 7.21. The van der Waals surface area contributed by atoms with Crippen molar-refractivity contribution < 1.29 is 18.7 Å². The van der Waals surface area contributed by atoms with E-state index < -0.39 is 0 Å². The molecule has 0 saturated carbocycles. The van der Waals surface area contributed by atoms with Gasteiger partial charge < -0.3 is 10.1 Å². The Bertz CT molecular complexity index is 1310. The lowest BCUT2D eigenvalue weighted by molar-refractivity contribution is -0.118. The number of halogens is 1. The van der Waals surface area contributed by atoms with Gasteiger partial charge in [0.1, 0.15) is 5.82 Å². The minimum Gasteiger partial charge on any atom is -0.380 e. The van der Waals surface area contributed by atoms with Crippen LogP contribution in [0.2, 0.25) is 0 Å². The van der Waals surface area contributed by atoms with E-state index in [-0.39, 0.29) is 24.2 Å². The molecular formula is C25H24FN3O3S2. The van der Waals surface area contributed by atoms with Gasteiger partial charge in [-0.1, -0.05) is 30.3 Å². The first-order valence-corrected chi connectivity index (χ1v) is 12.5. The zero-order valence-electron chi connectivity index (χ0n) is 18.8. The largest absolute Gasteiger partial charge is 0.380 e. The van der Waals surface area contributed by atoms with Crippen molar-refractivity contribution >= 4 is 49.7 Å². The van der Waals surface area contributed by atoms with Crippen LogP contribution in [0.25, 0.3) is 21.3 Å². The summed E-state index contributed by atoms with van der Waals surface area (Å²) in [6.45, 7) is 2.31. The Kier molecular flexibility index (Phi) is 7.66. The molecule has 0 atom stereocenters. The molecule has 0 aliphatic heterocycles. The maximum Gasteiger partial charge on any atom is 0.267 e. The van der Waals surface area contributed by atoms with Gasteiger partial charge in [-0.15, -0.1) is 22.7 Å². The van der Waals surface area contributed by atoms with Crippen LogP contribution >= 0.6 is 22.7 Å². The Morgan fingerprint density at radius 1 is 1.15 bits per heavy atom. The number of benzene rings is 2. The van der Waals surface area contributed by atoms with Crippen molar-refractivity contribution in [1.82, 2.24) is 10.3 Å². The van der Waals surface area contributed by atoms with Crippen LogP contribution in [0.1, 0.15) is 34.1 Å². The number of rotatable bonds is 9. The van der Waals surface area contributed by atoms with Crippen LogP contribution in [0, 0.1) is 5.82 Å². The third-order valence-electron chi connectivity index (χ3n) is 5.25. The van der Waals surface area contributed by atoms with Gasteiger partial charge in [-0.3, -0.25) is 14.9 Å². The number of thiazole rings is 1. The molecule has 176 valence electrons. The number of carbonyl (C=O) groups excluding carboxylic acids is 2. The highest BCUT2D eigenvalue weighted by atomic mass is 32.1. The van der Waals surface area contributed by atoms with Crippen LogP contribution in [-0.4, -0.2) is 30.5 Å². The van der Waals surface area contributed by atoms with E-state index in [4.69, 9.17) is 4.74 Å². The molecular weight excluding hydrogens is 473 g/mol. The molecule has 0 saturated heterocycles. The predicted octanol–water partition coefficient (Wildman–Crippen LogP) is 5.63. The third kappa shape index (κ3) is 5.49. The second kappa shape index (κ2) is 10.9. The van der Waals surface area contributed by atoms with Gasteiger partial charge in [-0.05, 0) is 30.5 Å². The number of amides is 2. The lowest BCUT2D eigenvalue weighted by Gasteiger charge is -2.05. The predicted molar refractivity (Wildman–Crippen MR) is 135 cm³/mol. The van der Waals surface area contributed by atoms with Crippen LogP contribution < -0.4 is 10.6 Å². The van der Waals surface area contributed by atoms with E-state index in [1.807, 2.05) is 29.6 Å². The van der Waals surface area contributed by atoms with Gasteiger partial charge in [0, 0.05) is 47.2 Å². The van der Waals surface area contributed by atoms with Crippen molar-refractivity contribution in [2.45, 2.75) is 26.4 Å². The van der Waals surface area contributed by atoms with Gasteiger partial charge in [0.2, 0.25) is 5.91 Å². The van der Waals surface area contributed by atoms with Gasteiger partial charge in [0.05, 0.1) is 17.2 Å². The SMILES string of the molecule is COCc1c(C(=O)Nc2nc(-c3ccc(CCCNC(C)=O)cc3)cs2)sc2cccc(F)c12. The van der Waals surface area contributed by atoms with Crippen LogP contribution in [0.3, 0.4) is 0 Å². The number of aromatic nitrogens is 1. The summed E-state index contributed by atoms with van der Waals surface area (Å²) in [7, 11) is 1.52. The summed E-state index contributed by atoms with van der Waals surface area (Å²) >= 11 is 2.58. The summed E-state index contributed by atoms with van der Waals surface area (Å²) in [4.78, 5) is 28.9. The van der Waals surface area contributed by atoms with Crippen molar-refractivity contribution in [1.29, 1.82) is 0 Å². The van der Waals surface area contributed by atoms with E-state index in [1.165, 1.54) is 48.3 Å². The summed E-state index contributed by atoms with van der Waals surface area (Å²) in [6, 6.07) is 12.9. The van der Waals surface area contributed by atoms with Crippen molar-refractivity contribution in [2.75, 3.05) is 19.0 Å². The number of hydrogen-bond donors (Lipinski definition) is 2. The minimum atomic E-state index is -0.366. The molecule has 4 rings (SSSR count). The standard InChI is InChI=1S/C25H24FN3O3S2/c1-15(30)27-12-4-5-16-8-10-17(11-9-16)20-14-33-25(28-20)29-24(31)23-18(13-32-2)22-19(26)6-3-7-21(22)34-23/h3,6-11,14H,4-5,12-13H2,1-2H3,(H,27,30)(H,28,29,31). The lowest BCUT2D eigenvalue weighted by atomic mass is 10.1. The minimum absolute atomic E-state index is 0.0174. The van der Waals surface area contributed by atoms with Gasteiger partial charge in [-0.25, -0.2) is 9.37 Å². The van der Waals surface area contributed by atoms with Crippen molar-refractivity contribution in [2.24, 2.45) is 0 Å². The topological polar surface area (TPSA) is 80.3 Å². The van der Waals surface area contributed by atoms with Gasteiger partial charge in [0.25, 0.3) is 5.91 Å². The molecule has 9 heteroatoms. The number of hydrogen-bond acceptors (Lipinski definition) is 6. The molecule has 2 heterocycles. The van der Waals surface area contributed by atoms with E-state index in [9.17, 15) is 14.0 Å². The fourth-order valence-electron chi connectivity index (χ4n) is 3.65. The molecule has 2 aromatic carbocycles. The Balaban J connectivity index is 1.45. The van der Waals surface area contributed by atoms with Crippen molar-refractivity contribution in [3.8, 4) is 11.3 Å². The number of aryl methyl sites for hydroxylation is 1. The van der Waals surface area contributed by atoms with E-state index in [0.717, 1.165) is 24.1 Å². The Hall–Kier alpha value is -3.14. The molecule has 0 aliphatic carbocycles. The molecule has 34 heavy (non-hydrogen) atoms. The Morgan fingerprint density at radius 2 is 1.94 bits per heavy atom. The first kappa shape index (κ1) is 24.0. The molecule has 0 unspecified atom stereocenters. The summed E-state index contributed by atoms with van der Waals surface area (Å²) in [6.07, 6.45) is 1.75. The monoisotopic (exact) mass is 497 g/mol. The summed E-state index contributed by atoms with van der Waals surface area (Å²) in [5.74, 6) is -0.714. The second-order valence-electron chi connectivity index (χ2n) is 7.73. The quantitative estimate of drug-likeness (QED) is 0.294. The molecule has 6 nitrogen and oxygen atoms in total. The number of nitrogens with zero attached hydrogens (tertiary/aromatic N) is 1. The molecule has 0 fully saturated rings. The first-order valence-electron chi connectivity index (χ1n) is 10.8. The fourth-order valence-corrected chi connectivity index (χ4v) is 5.48. The molecule has 0 bridgehead atoms. The molecule has 2 aromatic heterocycles. The van der Waals surface area contributed by atoms with Gasteiger partial charge in [0.15, 0.2) is 5.13 Å². The maximum atomic E-state index is 14.4.